The lowest BCUT2D eigenvalue weighted by molar-refractivity contribution is 0.0903. The minimum atomic E-state index is -0.530. The molecule has 3 N–H and O–H groups in total. The number of ether oxygens (including phenoxy) is 1. The molecule has 5 heteroatoms. The van der Waals surface area contributed by atoms with Gasteiger partial charge in [-0.2, -0.15) is 0 Å². The quantitative estimate of drug-likeness (QED) is 0.700. The second-order valence-electron chi connectivity index (χ2n) is 5.77. The van der Waals surface area contributed by atoms with E-state index in [1.165, 1.54) is 0 Å². The first-order valence-electron chi connectivity index (χ1n) is 7.58. The van der Waals surface area contributed by atoms with Crippen molar-refractivity contribution in [1.82, 2.24) is 5.32 Å². The Morgan fingerprint density at radius 1 is 1.38 bits per heavy atom. The van der Waals surface area contributed by atoms with Crippen LogP contribution < -0.4 is 10.1 Å². The van der Waals surface area contributed by atoms with E-state index in [1.54, 1.807) is 0 Å². The number of rotatable bonds is 7. The van der Waals surface area contributed by atoms with Crippen molar-refractivity contribution in [3.63, 3.8) is 0 Å². The Kier molecular flexibility index (Phi) is 6.96. The summed E-state index contributed by atoms with van der Waals surface area (Å²) >= 11 is 3.38. The molecule has 1 aromatic rings. The zero-order valence-electron chi connectivity index (χ0n) is 12.2. The fraction of sp³-hybridized carbons (Fsp3) is 0.625. The van der Waals surface area contributed by atoms with Gasteiger partial charge in [-0.05, 0) is 49.9 Å². The Hall–Kier alpha value is -0.620. The average Bonchev–Trinajstić information content (AvgIpc) is 2.45. The number of hydrogen-bond donors (Lipinski definition) is 3. The molecule has 1 aromatic carbocycles. The van der Waals surface area contributed by atoms with Crippen LogP contribution in [0.25, 0.3) is 0 Å². The van der Waals surface area contributed by atoms with E-state index >= 15 is 0 Å². The van der Waals surface area contributed by atoms with E-state index in [4.69, 9.17) is 4.74 Å². The summed E-state index contributed by atoms with van der Waals surface area (Å²) in [7, 11) is 0. The topological polar surface area (TPSA) is 61.7 Å². The van der Waals surface area contributed by atoms with E-state index in [0.29, 0.717) is 12.5 Å². The monoisotopic (exact) mass is 357 g/mol. The predicted molar refractivity (Wildman–Crippen MR) is 86.5 cm³/mol. The lowest BCUT2D eigenvalue weighted by Crippen LogP contribution is -2.36. The number of aliphatic hydroxyl groups is 2. The normalized spacial score (nSPS) is 23.8. The first-order chi connectivity index (χ1) is 10.1. The Labute approximate surface area is 134 Å². The number of aliphatic hydroxyl groups excluding tert-OH is 2. The summed E-state index contributed by atoms with van der Waals surface area (Å²) in [5.41, 5.74) is 0. The van der Waals surface area contributed by atoms with Crippen LogP contribution in [0, 0.1) is 5.92 Å². The van der Waals surface area contributed by atoms with E-state index in [1.807, 2.05) is 24.3 Å². The average molecular weight is 358 g/mol. The van der Waals surface area contributed by atoms with Crippen molar-refractivity contribution in [1.29, 1.82) is 0 Å². The molecule has 0 saturated heterocycles. The molecule has 0 aliphatic heterocycles. The first-order valence-corrected chi connectivity index (χ1v) is 8.38. The second-order valence-corrected chi connectivity index (χ2v) is 6.68. The SMILES string of the molecule is OC(CNCC1CCCC(O)C1)COc1cccc(Br)c1. The molecule has 118 valence electrons. The highest BCUT2D eigenvalue weighted by Crippen LogP contribution is 2.23. The summed E-state index contributed by atoms with van der Waals surface area (Å²) in [5, 5.41) is 22.8. The highest BCUT2D eigenvalue weighted by Gasteiger charge is 2.19. The highest BCUT2D eigenvalue weighted by molar-refractivity contribution is 9.10. The number of nitrogens with one attached hydrogen (secondary N) is 1. The molecular weight excluding hydrogens is 334 g/mol. The Morgan fingerprint density at radius 3 is 3.00 bits per heavy atom. The number of hydrogen-bond acceptors (Lipinski definition) is 4. The van der Waals surface area contributed by atoms with Gasteiger partial charge in [0.25, 0.3) is 0 Å². The van der Waals surface area contributed by atoms with Crippen LogP contribution in [-0.2, 0) is 0 Å². The molecule has 0 radical (unpaired) electrons. The van der Waals surface area contributed by atoms with Gasteiger partial charge >= 0.3 is 0 Å². The maximum atomic E-state index is 9.91. The molecule has 1 aliphatic carbocycles. The smallest absolute Gasteiger partial charge is 0.120 e. The van der Waals surface area contributed by atoms with Crippen LogP contribution in [0.5, 0.6) is 5.75 Å². The lowest BCUT2D eigenvalue weighted by Gasteiger charge is -2.26. The summed E-state index contributed by atoms with van der Waals surface area (Å²) in [6.45, 7) is 1.64. The van der Waals surface area contributed by atoms with Gasteiger partial charge in [0.05, 0.1) is 6.10 Å². The molecule has 0 heterocycles. The molecule has 1 saturated carbocycles. The third-order valence-electron chi connectivity index (χ3n) is 3.81. The van der Waals surface area contributed by atoms with E-state index in [0.717, 1.165) is 42.5 Å². The summed E-state index contributed by atoms with van der Waals surface area (Å²) in [4.78, 5) is 0. The molecular formula is C16H24BrNO3. The summed E-state index contributed by atoms with van der Waals surface area (Å²) < 4.78 is 6.51. The third kappa shape index (κ3) is 6.34. The van der Waals surface area contributed by atoms with Crippen molar-refractivity contribution in [2.45, 2.75) is 37.9 Å². The second kappa shape index (κ2) is 8.73. The molecule has 1 aliphatic rings. The molecule has 2 rings (SSSR count). The van der Waals surface area contributed by atoms with E-state index in [2.05, 4.69) is 21.2 Å². The van der Waals surface area contributed by atoms with Crippen LogP contribution in [0.4, 0.5) is 0 Å². The van der Waals surface area contributed by atoms with Crippen molar-refractivity contribution in [3.05, 3.63) is 28.7 Å². The van der Waals surface area contributed by atoms with Crippen LogP contribution in [0.15, 0.2) is 28.7 Å². The molecule has 4 nitrogen and oxygen atoms in total. The van der Waals surface area contributed by atoms with Gasteiger partial charge in [0.15, 0.2) is 0 Å². The van der Waals surface area contributed by atoms with E-state index in [9.17, 15) is 10.2 Å². The van der Waals surface area contributed by atoms with Crippen molar-refractivity contribution < 1.29 is 14.9 Å². The third-order valence-corrected chi connectivity index (χ3v) is 4.30. The van der Waals surface area contributed by atoms with Crippen molar-refractivity contribution in [2.24, 2.45) is 5.92 Å². The fourth-order valence-electron chi connectivity index (χ4n) is 2.71. The Bertz CT molecular complexity index is 430. The molecule has 0 spiro atoms. The van der Waals surface area contributed by atoms with Gasteiger partial charge in [0.2, 0.25) is 0 Å². The van der Waals surface area contributed by atoms with Crippen molar-refractivity contribution in [2.75, 3.05) is 19.7 Å². The maximum absolute atomic E-state index is 9.91. The van der Waals surface area contributed by atoms with Crippen molar-refractivity contribution in [3.8, 4) is 5.75 Å². The van der Waals surface area contributed by atoms with E-state index in [-0.39, 0.29) is 12.7 Å². The molecule has 21 heavy (non-hydrogen) atoms. The van der Waals surface area contributed by atoms with Gasteiger partial charge in [-0.15, -0.1) is 0 Å². The Balaban J connectivity index is 1.60. The largest absolute Gasteiger partial charge is 0.491 e. The lowest BCUT2D eigenvalue weighted by atomic mass is 9.87. The highest BCUT2D eigenvalue weighted by atomic mass is 79.9. The van der Waals surface area contributed by atoms with Gasteiger partial charge in [0.1, 0.15) is 18.5 Å². The Morgan fingerprint density at radius 2 is 2.24 bits per heavy atom. The summed E-state index contributed by atoms with van der Waals surface area (Å²) in [5.74, 6) is 1.27. The van der Waals surface area contributed by atoms with Gasteiger partial charge in [-0.3, -0.25) is 0 Å². The van der Waals surface area contributed by atoms with Crippen LogP contribution in [-0.4, -0.2) is 42.1 Å². The van der Waals surface area contributed by atoms with Gasteiger partial charge in [-0.25, -0.2) is 0 Å². The molecule has 3 unspecified atom stereocenters. The molecule has 1 fully saturated rings. The first kappa shape index (κ1) is 16.7. The van der Waals surface area contributed by atoms with Crippen LogP contribution >= 0.6 is 15.9 Å². The summed E-state index contributed by atoms with van der Waals surface area (Å²) in [6.07, 6.45) is 3.39. The van der Waals surface area contributed by atoms with Crippen molar-refractivity contribution >= 4 is 15.9 Å². The standard InChI is InChI=1S/C16H24BrNO3/c17-13-4-2-6-16(8-13)21-11-15(20)10-18-9-12-3-1-5-14(19)7-12/h2,4,6,8,12,14-15,18-20H,1,3,5,7,9-11H2. The van der Waals surface area contributed by atoms with Crippen LogP contribution in [0.1, 0.15) is 25.7 Å². The van der Waals surface area contributed by atoms with E-state index < -0.39 is 6.10 Å². The van der Waals surface area contributed by atoms with Gasteiger partial charge < -0.3 is 20.3 Å². The molecule has 0 amide bonds. The molecule has 0 bridgehead atoms. The zero-order chi connectivity index (χ0) is 15.1. The fourth-order valence-corrected chi connectivity index (χ4v) is 3.09. The number of halogens is 1. The van der Waals surface area contributed by atoms with Crippen LogP contribution in [0.3, 0.4) is 0 Å². The van der Waals surface area contributed by atoms with Gasteiger partial charge in [-0.1, -0.05) is 28.4 Å². The zero-order valence-corrected chi connectivity index (χ0v) is 13.8. The minimum Gasteiger partial charge on any atom is -0.491 e. The van der Waals surface area contributed by atoms with Gasteiger partial charge in [0, 0.05) is 11.0 Å². The minimum absolute atomic E-state index is 0.143. The predicted octanol–water partition coefficient (Wildman–Crippen LogP) is 2.33. The van der Waals surface area contributed by atoms with Crippen LogP contribution in [0.2, 0.25) is 0 Å². The molecule has 0 aromatic heterocycles. The summed E-state index contributed by atoms with van der Waals surface area (Å²) in [6, 6.07) is 7.58. The number of benzene rings is 1. The molecule has 3 atom stereocenters. The maximum Gasteiger partial charge on any atom is 0.120 e.